The van der Waals surface area contributed by atoms with Crippen molar-refractivity contribution in [1.29, 1.82) is 0 Å². The highest BCUT2D eigenvalue weighted by atomic mass is 31.2. The van der Waals surface area contributed by atoms with Crippen molar-refractivity contribution in [2.24, 2.45) is 11.3 Å². The predicted molar refractivity (Wildman–Crippen MR) is 147 cm³/mol. The van der Waals surface area contributed by atoms with E-state index in [0.29, 0.717) is 12.3 Å². The molecule has 35 heavy (non-hydrogen) atoms. The van der Waals surface area contributed by atoms with Gasteiger partial charge < -0.3 is 14.5 Å². The van der Waals surface area contributed by atoms with Crippen LogP contribution in [0.3, 0.4) is 0 Å². The van der Waals surface area contributed by atoms with E-state index in [-0.39, 0.29) is 22.9 Å². The first-order valence-corrected chi connectivity index (χ1v) is 14.5. The van der Waals surface area contributed by atoms with Crippen molar-refractivity contribution in [2.45, 2.75) is 104 Å². The van der Waals surface area contributed by atoms with Gasteiger partial charge in [-0.1, -0.05) is 76.6 Å². The first-order valence-electron chi connectivity index (χ1n) is 12.9. The van der Waals surface area contributed by atoms with Crippen molar-refractivity contribution in [3.8, 4) is 5.75 Å². The Morgan fingerprint density at radius 1 is 0.857 bits per heavy atom. The average Bonchev–Trinajstić information content (AvgIpc) is 2.75. The molecule has 0 fully saturated rings. The fourth-order valence-corrected chi connectivity index (χ4v) is 5.55. The van der Waals surface area contributed by atoms with Crippen molar-refractivity contribution < 1.29 is 19.1 Å². The van der Waals surface area contributed by atoms with Crippen LogP contribution in [0, 0.1) is 11.3 Å². The minimum Gasteiger partial charge on any atom is -0.488 e. The van der Waals surface area contributed by atoms with Gasteiger partial charge in [0.2, 0.25) is 0 Å². The number of rotatable bonds is 11. The maximum Gasteiger partial charge on any atom is 0.331 e. The molecule has 3 unspecified atom stereocenters. The summed E-state index contributed by atoms with van der Waals surface area (Å²) in [7, 11) is -4.37. The Kier molecular flexibility index (Phi) is 9.48. The van der Waals surface area contributed by atoms with E-state index in [9.17, 15) is 14.4 Å². The molecule has 0 aliphatic carbocycles. The topological polar surface area (TPSA) is 66.8 Å². The van der Waals surface area contributed by atoms with Gasteiger partial charge in [0.25, 0.3) is 0 Å². The van der Waals surface area contributed by atoms with E-state index in [2.05, 4.69) is 39.8 Å². The van der Waals surface area contributed by atoms with Crippen molar-refractivity contribution in [3.63, 3.8) is 0 Å². The number of hydrogen-bond donors (Lipinski definition) is 2. The minimum absolute atomic E-state index is 0.0769. The molecule has 0 saturated carbocycles. The lowest BCUT2D eigenvalue weighted by molar-refractivity contribution is 0.131. The summed E-state index contributed by atoms with van der Waals surface area (Å²) in [6.45, 7) is 18.7. The molecule has 196 valence electrons. The molecule has 0 heterocycles. The molecule has 0 bridgehead atoms. The SMILES string of the molecule is CCC(C)C(C)(C)CC(CC(c1ccccc1)C(C)(C)P(=O)(O)O)c1ccc(OC(C)(C)C)cc1. The first kappa shape index (κ1) is 29.6. The Labute approximate surface area is 213 Å². The minimum atomic E-state index is -4.37. The summed E-state index contributed by atoms with van der Waals surface area (Å²) >= 11 is 0. The van der Waals surface area contributed by atoms with Gasteiger partial charge in [-0.25, -0.2) is 0 Å². The second kappa shape index (κ2) is 11.2. The molecular weight excluding hydrogens is 455 g/mol. The monoisotopic (exact) mass is 502 g/mol. The highest BCUT2D eigenvalue weighted by Crippen LogP contribution is 2.59. The zero-order valence-electron chi connectivity index (χ0n) is 23.2. The summed E-state index contributed by atoms with van der Waals surface area (Å²) in [5, 5.41) is -1.19. The van der Waals surface area contributed by atoms with Gasteiger partial charge in [-0.15, -0.1) is 0 Å². The summed E-state index contributed by atoms with van der Waals surface area (Å²) in [5.74, 6) is 1.20. The molecule has 3 atom stereocenters. The lowest BCUT2D eigenvalue weighted by atomic mass is 9.68. The van der Waals surface area contributed by atoms with Crippen LogP contribution in [0.15, 0.2) is 54.6 Å². The van der Waals surface area contributed by atoms with Gasteiger partial charge >= 0.3 is 7.60 Å². The van der Waals surface area contributed by atoms with Gasteiger partial charge in [-0.3, -0.25) is 4.57 Å². The maximum atomic E-state index is 12.7. The zero-order valence-corrected chi connectivity index (χ0v) is 24.1. The lowest BCUT2D eigenvalue weighted by Gasteiger charge is -2.40. The first-order chi connectivity index (χ1) is 16.0. The third-order valence-corrected chi connectivity index (χ3v) is 9.63. The quantitative estimate of drug-likeness (QED) is 0.302. The van der Waals surface area contributed by atoms with Gasteiger partial charge in [0, 0.05) is 5.92 Å². The van der Waals surface area contributed by atoms with Crippen LogP contribution < -0.4 is 4.74 Å². The van der Waals surface area contributed by atoms with Crippen LogP contribution in [0.2, 0.25) is 0 Å². The smallest absolute Gasteiger partial charge is 0.331 e. The Hall–Kier alpha value is -1.61. The largest absolute Gasteiger partial charge is 0.488 e. The number of ether oxygens (including phenoxy) is 1. The molecule has 2 N–H and O–H groups in total. The molecule has 5 heteroatoms. The second-order valence-electron chi connectivity index (χ2n) is 12.4. The van der Waals surface area contributed by atoms with Gasteiger partial charge in [0.05, 0.1) is 5.16 Å². The van der Waals surface area contributed by atoms with Crippen LogP contribution in [0.4, 0.5) is 0 Å². The molecule has 0 aliphatic heterocycles. The van der Waals surface area contributed by atoms with E-state index in [1.54, 1.807) is 13.8 Å². The molecule has 0 aromatic heterocycles. The van der Waals surface area contributed by atoms with E-state index in [0.717, 1.165) is 24.2 Å². The second-order valence-corrected chi connectivity index (χ2v) is 14.6. The van der Waals surface area contributed by atoms with Crippen LogP contribution in [-0.4, -0.2) is 20.5 Å². The average molecular weight is 503 g/mol. The maximum absolute atomic E-state index is 12.7. The molecule has 0 aliphatic rings. The Morgan fingerprint density at radius 3 is 1.86 bits per heavy atom. The predicted octanol–water partition coefficient (Wildman–Crippen LogP) is 8.54. The third-order valence-electron chi connectivity index (χ3n) is 7.82. The molecule has 0 spiro atoms. The summed E-state index contributed by atoms with van der Waals surface area (Å²) in [5.41, 5.74) is 1.96. The molecular formula is C30H47O4P. The standard InChI is InChI=1S/C30H47O4P/c1-10-22(2)29(6,7)21-25(23-16-18-26(19-17-23)34-28(3,4)5)20-27(24-14-12-11-13-15-24)30(8,9)35(31,32)33/h11-19,22,25,27H,10,20-21H2,1-9H3,(H2,31,32,33). The Morgan fingerprint density at radius 2 is 1.40 bits per heavy atom. The molecule has 2 aromatic rings. The lowest BCUT2D eigenvalue weighted by Crippen LogP contribution is -2.32. The van der Waals surface area contributed by atoms with Gasteiger partial charge in [-0.05, 0) is 88.0 Å². The van der Waals surface area contributed by atoms with Crippen molar-refractivity contribution in [2.75, 3.05) is 0 Å². The number of hydrogen-bond acceptors (Lipinski definition) is 2. The van der Waals surface area contributed by atoms with Crippen LogP contribution in [0.1, 0.15) is 105 Å². The fourth-order valence-electron chi connectivity index (χ4n) is 4.89. The molecule has 0 radical (unpaired) electrons. The van der Waals surface area contributed by atoms with Crippen LogP contribution >= 0.6 is 7.60 Å². The highest BCUT2D eigenvalue weighted by molar-refractivity contribution is 7.53. The molecule has 0 amide bonds. The van der Waals surface area contributed by atoms with E-state index < -0.39 is 12.8 Å². The number of benzene rings is 2. The Balaban J connectivity index is 2.54. The van der Waals surface area contributed by atoms with Gasteiger partial charge in [0.1, 0.15) is 11.4 Å². The van der Waals surface area contributed by atoms with E-state index in [4.69, 9.17) is 4.74 Å². The van der Waals surface area contributed by atoms with Crippen LogP contribution in [0.25, 0.3) is 0 Å². The summed E-state index contributed by atoms with van der Waals surface area (Å²) in [6, 6.07) is 18.2. The van der Waals surface area contributed by atoms with E-state index in [1.807, 2.05) is 63.2 Å². The van der Waals surface area contributed by atoms with E-state index >= 15 is 0 Å². The summed E-state index contributed by atoms with van der Waals surface area (Å²) in [4.78, 5) is 20.7. The Bertz CT molecular complexity index is 968. The molecule has 2 aromatic carbocycles. The summed E-state index contributed by atoms with van der Waals surface area (Å²) in [6.07, 6.45) is 2.68. The van der Waals surface area contributed by atoms with Crippen molar-refractivity contribution >= 4 is 7.60 Å². The van der Waals surface area contributed by atoms with Crippen LogP contribution in [0.5, 0.6) is 5.75 Å². The van der Waals surface area contributed by atoms with Crippen LogP contribution in [-0.2, 0) is 4.57 Å². The third kappa shape index (κ3) is 7.94. The van der Waals surface area contributed by atoms with Crippen molar-refractivity contribution in [1.82, 2.24) is 0 Å². The highest BCUT2D eigenvalue weighted by Gasteiger charge is 2.46. The summed E-state index contributed by atoms with van der Waals surface area (Å²) < 4.78 is 18.7. The van der Waals surface area contributed by atoms with Gasteiger partial charge in [-0.2, -0.15) is 0 Å². The fraction of sp³-hybridized carbons (Fsp3) is 0.600. The van der Waals surface area contributed by atoms with E-state index in [1.165, 1.54) is 5.56 Å². The zero-order chi connectivity index (χ0) is 26.7. The molecule has 0 saturated heterocycles. The molecule has 2 rings (SSSR count). The van der Waals surface area contributed by atoms with Crippen molar-refractivity contribution in [3.05, 3.63) is 65.7 Å². The van der Waals surface area contributed by atoms with Gasteiger partial charge in [0.15, 0.2) is 0 Å². The molecule has 4 nitrogen and oxygen atoms in total. The normalized spacial score (nSPS) is 16.0.